The number of hydrogen-bond donors (Lipinski definition) is 0. The summed E-state index contributed by atoms with van der Waals surface area (Å²) < 4.78 is 10.8. The number of anilines is 1. The van der Waals surface area contributed by atoms with Gasteiger partial charge in [-0.25, -0.2) is 4.79 Å². The normalized spacial score (nSPS) is 14.6. The van der Waals surface area contributed by atoms with Crippen LogP contribution < -0.4 is 14.4 Å². The lowest BCUT2D eigenvalue weighted by Gasteiger charge is -2.26. The highest BCUT2D eigenvalue weighted by atomic mass is 16.7. The van der Waals surface area contributed by atoms with Gasteiger partial charge in [0, 0.05) is 37.9 Å². The zero-order chi connectivity index (χ0) is 22.6. The molecule has 0 N–H and O–H groups in total. The van der Waals surface area contributed by atoms with Gasteiger partial charge in [-0.3, -0.25) is 9.69 Å². The molecule has 7 nitrogen and oxygen atoms in total. The molecule has 0 unspecified atom stereocenters. The molecule has 0 aromatic heterocycles. The molecule has 2 aliphatic rings. The number of hydrogen-bond acceptors (Lipinski definition) is 4. The summed E-state index contributed by atoms with van der Waals surface area (Å²) in [6.07, 6.45) is 0. The number of amides is 3. The van der Waals surface area contributed by atoms with Gasteiger partial charge < -0.3 is 19.3 Å². The van der Waals surface area contributed by atoms with Gasteiger partial charge in [-0.1, -0.05) is 60.7 Å². The Morgan fingerprint density at radius 3 is 2.12 bits per heavy atom. The quantitative estimate of drug-likeness (QED) is 0.556. The molecule has 3 amide bonds. The fourth-order valence-corrected chi connectivity index (χ4v) is 4.13. The van der Waals surface area contributed by atoms with Gasteiger partial charge in [0.15, 0.2) is 11.5 Å². The lowest BCUT2D eigenvalue weighted by molar-refractivity contribution is -0.132. The van der Waals surface area contributed by atoms with Gasteiger partial charge in [0.25, 0.3) is 0 Å². The van der Waals surface area contributed by atoms with E-state index in [0.29, 0.717) is 37.7 Å². The Morgan fingerprint density at radius 2 is 1.45 bits per heavy atom. The second-order valence-corrected chi connectivity index (χ2v) is 8.11. The lowest BCUT2D eigenvalue weighted by Crippen LogP contribution is -2.41. The van der Waals surface area contributed by atoms with Gasteiger partial charge in [0.1, 0.15) is 6.54 Å². The minimum Gasteiger partial charge on any atom is -0.454 e. The second-order valence-electron chi connectivity index (χ2n) is 8.11. The third-order valence-electron chi connectivity index (χ3n) is 5.87. The zero-order valence-corrected chi connectivity index (χ0v) is 18.2. The number of benzene rings is 3. The first-order valence-corrected chi connectivity index (χ1v) is 11.0. The van der Waals surface area contributed by atoms with Crippen LogP contribution in [0, 0.1) is 0 Å². The molecular formula is C26H25N3O4. The molecule has 3 aromatic rings. The summed E-state index contributed by atoms with van der Waals surface area (Å²) in [5, 5.41) is 0. The molecule has 0 saturated carbocycles. The van der Waals surface area contributed by atoms with Crippen LogP contribution in [0.2, 0.25) is 0 Å². The van der Waals surface area contributed by atoms with E-state index in [0.717, 1.165) is 16.8 Å². The van der Waals surface area contributed by atoms with E-state index >= 15 is 0 Å². The standard InChI is InChI=1S/C26H25N3O4/c30-25(28(16-20-7-3-1-4-8-20)17-21-9-5-2-6-10-21)18-27-13-14-29(26(27)31)22-11-12-23-24(15-22)33-19-32-23/h1-12,15H,13-14,16-19H2. The Hall–Kier alpha value is -4.00. The average molecular weight is 444 g/mol. The van der Waals surface area contributed by atoms with Gasteiger partial charge >= 0.3 is 6.03 Å². The van der Waals surface area contributed by atoms with Crippen molar-refractivity contribution < 1.29 is 19.1 Å². The van der Waals surface area contributed by atoms with Crippen LogP contribution in [0.3, 0.4) is 0 Å². The topological polar surface area (TPSA) is 62.3 Å². The summed E-state index contributed by atoms with van der Waals surface area (Å²) in [5.41, 5.74) is 2.85. The van der Waals surface area contributed by atoms with E-state index in [1.165, 1.54) is 0 Å². The lowest BCUT2D eigenvalue weighted by atomic mass is 10.1. The Balaban J connectivity index is 1.29. The fraction of sp³-hybridized carbons (Fsp3) is 0.231. The predicted octanol–water partition coefficient (Wildman–Crippen LogP) is 3.89. The average Bonchev–Trinajstić information content (AvgIpc) is 3.46. The first-order chi connectivity index (χ1) is 16.2. The third-order valence-corrected chi connectivity index (χ3v) is 5.87. The molecule has 3 aromatic carbocycles. The van der Waals surface area contributed by atoms with Crippen LogP contribution >= 0.6 is 0 Å². The van der Waals surface area contributed by atoms with Crippen molar-refractivity contribution >= 4 is 17.6 Å². The maximum Gasteiger partial charge on any atom is 0.325 e. The van der Waals surface area contributed by atoms with Crippen molar-refractivity contribution in [3.8, 4) is 11.5 Å². The van der Waals surface area contributed by atoms with E-state index in [1.807, 2.05) is 72.8 Å². The molecular weight excluding hydrogens is 418 g/mol. The molecule has 2 aliphatic heterocycles. The van der Waals surface area contributed by atoms with Gasteiger partial charge in [0.05, 0.1) is 0 Å². The summed E-state index contributed by atoms with van der Waals surface area (Å²) in [5.74, 6) is 1.23. The zero-order valence-electron chi connectivity index (χ0n) is 18.2. The van der Waals surface area contributed by atoms with E-state index in [9.17, 15) is 9.59 Å². The van der Waals surface area contributed by atoms with Gasteiger partial charge in [-0.2, -0.15) is 0 Å². The first kappa shape index (κ1) is 20.9. The molecule has 0 bridgehead atoms. The highest BCUT2D eigenvalue weighted by Gasteiger charge is 2.32. The Morgan fingerprint density at radius 1 is 0.818 bits per heavy atom. The van der Waals surface area contributed by atoms with Crippen LogP contribution in [0.5, 0.6) is 11.5 Å². The molecule has 7 heteroatoms. The fourth-order valence-electron chi connectivity index (χ4n) is 4.13. The molecule has 33 heavy (non-hydrogen) atoms. The molecule has 0 spiro atoms. The van der Waals surface area contributed by atoms with Gasteiger partial charge in [-0.05, 0) is 23.3 Å². The van der Waals surface area contributed by atoms with Crippen LogP contribution in [0.1, 0.15) is 11.1 Å². The second kappa shape index (κ2) is 9.24. The van der Waals surface area contributed by atoms with Crippen molar-refractivity contribution in [1.29, 1.82) is 0 Å². The summed E-state index contributed by atoms with van der Waals surface area (Å²) in [7, 11) is 0. The van der Waals surface area contributed by atoms with Gasteiger partial charge in [0.2, 0.25) is 12.7 Å². The largest absolute Gasteiger partial charge is 0.454 e. The van der Waals surface area contributed by atoms with Crippen molar-refractivity contribution in [2.24, 2.45) is 0 Å². The monoisotopic (exact) mass is 443 g/mol. The molecule has 0 atom stereocenters. The molecule has 5 rings (SSSR count). The minimum absolute atomic E-state index is 0.0412. The van der Waals surface area contributed by atoms with Crippen LogP contribution in [-0.2, 0) is 17.9 Å². The number of nitrogens with zero attached hydrogens (tertiary/aromatic N) is 3. The maximum atomic E-state index is 13.3. The third kappa shape index (κ3) is 4.62. The SMILES string of the molecule is O=C(CN1CCN(c2ccc3c(c2)OCO3)C1=O)N(Cc1ccccc1)Cc1ccccc1. The van der Waals surface area contributed by atoms with Crippen molar-refractivity contribution in [2.75, 3.05) is 31.3 Å². The van der Waals surface area contributed by atoms with E-state index in [2.05, 4.69) is 0 Å². The van der Waals surface area contributed by atoms with Crippen LogP contribution in [0.4, 0.5) is 10.5 Å². The van der Waals surface area contributed by atoms with E-state index < -0.39 is 0 Å². The highest BCUT2D eigenvalue weighted by Crippen LogP contribution is 2.36. The van der Waals surface area contributed by atoms with Gasteiger partial charge in [-0.15, -0.1) is 0 Å². The maximum absolute atomic E-state index is 13.3. The number of ether oxygens (including phenoxy) is 2. The first-order valence-electron chi connectivity index (χ1n) is 11.0. The number of carbonyl (C=O) groups is 2. The Bertz CT molecular complexity index is 1100. The molecule has 0 aliphatic carbocycles. The highest BCUT2D eigenvalue weighted by molar-refractivity contribution is 5.96. The van der Waals surface area contributed by atoms with E-state index in [1.54, 1.807) is 20.8 Å². The number of fused-ring (bicyclic) bond motifs is 1. The molecule has 1 fully saturated rings. The van der Waals surface area contributed by atoms with Crippen molar-refractivity contribution in [3.05, 3.63) is 90.0 Å². The van der Waals surface area contributed by atoms with E-state index in [-0.39, 0.29) is 25.3 Å². The van der Waals surface area contributed by atoms with Crippen molar-refractivity contribution in [3.63, 3.8) is 0 Å². The van der Waals surface area contributed by atoms with Crippen molar-refractivity contribution in [2.45, 2.75) is 13.1 Å². The Kier molecular flexibility index (Phi) is 5.85. The number of urea groups is 1. The summed E-state index contributed by atoms with van der Waals surface area (Å²) in [4.78, 5) is 31.5. The Labute approximate surface area is 192 Å². The smallest absolute Gasteiger partial charge is 0.325 e. The van der Waals surface area contributed by atoms with Crippen LogP contribution in [0.25, 0.3) is 0 Å². The van der Waals surface area contributed by atoms with Crippen molar-refractivity contribution in [1.82, 2.24) is 9.80 Å². The minimum atomic E-state index is -0.179. The summed E-state index contributed by atoms with van der Waals surface area (Å²) in [6, 6.07) is 25.1. The van der Waals surface area contributed by atoms with Crippen LogP contribution in [0.15, 0.2) is 78.9 Å². The van der Waals surface area contributed by atoms with E-state index in [4.69, 9.17) is 9.47 Å². The summed E-state index contributed by atoms with van der Waals surface area (Å²) >= 11 is 0. The van der Waals surface area contributed by atoms with Crippen LogP contribution in [-0.4, -0.2) is 48.2 Å². The molecule has 1 saturated heterocycles. The number of carbonyl (C=O) groups excluding carboxylic acids is 2. The predicted molar refractivity (Wildman–Crippen MR) is 124 cm³/mol. The summed E-state index contributed by atoms with van der Waals surface area (Å²) in [6.45, 7) is 2.21. The molecule has 2 heterocycles. The molecule has 0 radical (unpaired) electrons. The number of rotatable bonds is 7. The molecule has 168 valence electrons.